The molecule has 0 aromatic carbocycles. The van der Waals surface area contributed by atoms with E-state index in [1.54, 1.807) is 0 Å². The molecular weight excluding hydrogens is 319 g/mol. The van der Waals surface area contributed by atoms with E-state index in [1.165, 1.54) is 57.8 Å². The van der Waals surface area contributed by atoms with Gasteiger partial charge >= 0.3 is 7.60 Å². The fourth-order valence-corrected chi connectivity index (χ4v) is 4.43. The summed E-state index contributed by atoms with van der Waals surface area (Å²) in [5.74, 6) is 0. The summed E-state index contributed by atoms with van der Waals surface area (Å²) >= 11 is 0. The maximum absolute atomic E-state index is 11.9. The summed E-state index contributed by atoms with van der Waals surface area (Å²) in [5, 5.41) is 0. The molecule has 0 aliphatic heterocycles. The van der Waals surface area contributed by atoms with E-state index in [9.17, 15) is 9.46 Å². The Balaban J connectivity index is 3.39. The maximum atomic E-state index is 11.9. The number of hydrogen-bond acceptors (Lipinski definition) is 2. The summed E-state index contributed by atoms with van der Waals surface area (Å²) in [4.78, 5) is 9.78. The van der Waals surface area contributed by atoms with Gasteiger partial charge < -0.3 is 9.42 Å². The molecule has 1 atom stereocenters. The second kappa shape index (κ2) is 11.7. The van der Waals surface area contributed by atoms with Gasteiger partial charge in [-0.25, -0.2) is 0 Å². The predicted molar refractivity (Wildman–Crippen MR) is 106 cm³/mol. The van der Waals surface area contributed by atoms with E-state index >= 15 is 0 Å². The van der Waals surface area contributed by atoms with Gasteiger partial charge in [-0.05, 0) is 39.0 Å². The molecule has 0 bridgehead atoms. The average Bonchev–Trinajstić information content (AvgIpc) is 2.35. The van der Waals surface area contributed by atoms with Gasteiger partial charge in [-0.2, -0.15) is 0 Å². The van der Waals surface area contributed by atoms with E-state index in [4.69, 9.17) is 4.52 Å². The molecule has 0 saturated heterocycles. The largest absolute Gasteiger partial charge is 0.328 e. The highest BCUT2D eigenvalue weighted by Gasteiger charge is 2.26. The summed E-state index contributed by atoms with van der Waals surface area (Å²) in [5.41, 5.74) is -0.0619. The smallest absolute Gasteiger partial charge is 0.324 e. The molecule has 0 aliphatic rings. The Morgan fingerprint density at radius 3 is 1.46 bits per heavy atom. The summed E-state index contributed by atoms with van der Waals surface area (Å²) in [7, 11) is -3.40. The molecule has 0 heterocycles. The molecule has 0 amide bonds. The van der Waals surface area contributed by atoms with Crippen molar-refractivity contribution in [3.63, 3.8) is 0 Å². The Hall–Kier alpha value is 0.150. The molecule has 0 radical (unpaired) electrons. The van der Waals surface area contributed by atoms with Crippen molar-refractivity contribution in [2.75, 3.05) is 6.16 Å². The summed E-state index contributed by atoms with van der Waals surface area (Å²) < 4.78 is 17.1. The van der Waals surface area contributed by atoms with E-state index in [1.807, 2.05) is 20.8 Å². The molecule has 146 valence electrons. The van der Waals surface area contributed by atoms with E-state index in [0.29, 0.717) is 5.41 Å². The number of unbranched alkanes of at least 4 members (excludes halogenated alkanes) is 9. The van der Waals surface area contributed by atoms with Crippen molar-refractivity contribution in [2.45, 2.75) is 118 Å². The Bertz CT molecular complexity index is 353. The molecular formula is C20H43O3P. The van der Waals surface area contributed by atoms with Crippen LogP contribution in [0.4, 0.5) is 0 Å². The number of hydrogen-bond donors (Lipinski definition) is 1. The summed E-state index contributed by atoms with van der Waals surface area (Å²) in [6.45, 7) is 12.4. The minimum atomic E-state index is -3.40. The van der Waals surface area contributed by atoms with Crippen molar-refractivity contribution in [1.29, 1.82) is 0 Å². The van der Waals surface area contributed by atoms with Crippen LogP contribution in [0.5, 0.6) is 0 Å². The van der Waals surface area contributed by atoms with Gasteiger partial charge in [0.25, 0.3) is 0 Å². The molecule has 1 N–H and O–H groups in total. The van der Waals surface area contributed by atoms with Crippen LogP contribution < -0.4 is 0 Å². The van der Waals surface area contributed by atoms with Crippen LogP contribution >= 0.6 is 7.60 Å². The highest BCUT2D eigenvalue weighted by Crippen LogP contribution is 2.46. The topological polar surface area (TPSA) is 46.5 Å². The van der Waals surface area contributed by atoms with Crippen molar-refractivity contribution >= 4 is 7.60 Å². The molecule has 0 aromatic heterocycles. The lowest BCUT2D eigenvalue weighted by atomic mass is 9.89. The first-order valence-electron chi connectivity index (χ1n) is 9.94. The third kappa shape index (κ3) is 18.5. The van der Waals surface area contributed by atoms with Crippen LogP contribution in [0.2, 0.25) is 0 Å². The fraction of sp³-hybridized carbons (Fsp3) is 1.00. The zero-order valence-corrected chi connectivity index (χ0v) is 18.1. The van der Waals surface area contributed by atoms with Crippen LogP contribution in [-0.2, 0) is 9.09 Å². The zero-order valence-electron chi connectivity index (χ0n) is 17.2. The molecule has 0 rings (SSSR count). The van der Waals surface area contributed by atoms with Gasteiger partial charge in [0.15, 0.2) is 0 Å². The third-order valence-electron chi connectivity index (χ3n) is 4.03. The molecule has 0 spiro atoms. The van der Waals surface area contributed by atoms with E-state index < -0.39 is 13.2 Å². The average molecular weight is 363 g/mol. The van der Waals surface area contributed by atoms with E-state index in [0.717, 1.165) is 12.8 Å². The first-order valence-corrected chi connectivity index (χ1v) is 11.7. The minimum Gasteiger partial charge on any atom is -0.324 e. The van der Waals surface area contributed by atoms with Gasteiger partial charge in [0.1, 0.15) is 0 Å². The monoisotopic (exact) mass is 362 g/mol. The van der Waals surface area contributed by atoms with Crippen molar-refractivity contribution in [1.82, 2.24) is 0 Å². The summed E-state index contributed by atoms with van der Waals surface area (Å²) in [6, 6.07) is 0. The molecule has 24 heavy (non-hydrogen) atoms. The van der Waals surface area contributed by atoms with Gasteiger partial charge in [0, 0.05) is 0 Å². The third-order valence-corrected chi connectivity index (χ3v) is 5.75. The second-order valence-corrected chi connectivity index (χ2v) is 11.3. The van der Waals surface area contributed by atoms with Crippen molar-refractivity contribution in [2.24, 2.45) is 5.41 Å². The Kier molecular flexibility index (Phi) is 11.8. The van der Waals surface area contributed by atoms with Crippen LogP contribution in [0.3, 0.4) is 0 Å². The van der Waals surface area contributed by atoms with Crippen LogP contribution in [-0.4, -0.2) is 16.7 Å². The van der Waals surface area contributed by atoms with Crippen molar-refractivity contribution in [3.05, 3.63) is 0 Å². The standard InChI is InChI=1S/C20H43O3P/c1-19(2,3)17-15-13-11-9-7-8-10-12-14-16-18-24(21,22)23-20(4,5)6/h7-18H2,1-6H3,(H,21,22). The second-order valence-electron chi connectivity index (χ2n) is 9.41. The van der Waals surface area contributed by atoms with Gasteiger partial charge in [-0.15, -0.1) is 0 Å². The molecule has 0 aliphatic carbocycles. The molecule has 4 heteroatoms. The SMILES string of the molecule is CC(C)(C)CCCCCCCCCCCCP(=O)(O)OC(C)(C)C. The first-order chi connectivity index (χ1) is 10.9. The van der Waals surface area contributed by atoms with Gasteiger partial charge in [-0.1, -0.05) is 78.6 Å². The quantitative estimate of drug-likeness (QED) is 0.276. The van der Waals surface area contributed by atoms with Crippen molar-refractivity contribution < 1.29 is 14.0 Å². The van der Waals surface area contributed by atoms with Gasteiger partial charge in [-0.3, -0.25) is 4.57 Å². The molecule has 1 unspecified atom stereocenters. The van der Waals surface area contributed by atoms with Crippen molar-refractivity contribution in [3.8, 4) is 0 Å². The molecule has 3 nitrogen and oxygen atoms in total. The molecule has 0 saturated carbocycles. The fourth-order valence-electron chi connectivity index (χ4n) is 2.85. The highest BCUT2D eigenvalue weighted by atomic mass is 31.2. The van der Waals surface area contributed by atoms with Gasteiger partial charge in [0.2, 0.25) is 0 Å². The van der Waals surface area contributed by atoms with E-state index in [2.05, 4.69) is 20.8 Å². The van der Waals surface area contributed by atoms with E-state index in [-0.39, 0.29) is 6.16 Å². The lowest BCUT2D eigenvalue weighted by molar-refractivity contribution is 0.111. The van der Waals surface area contributed by atoms with Crippen LogP contribution in [0.15, 0.2) is 0 Å². The normalized spacial score (nSPS) is 15.5. The highest BCUT2D eigenvalue weighted by molar-refractivity contribution is 7.52. The lowest BCUT2D eigenvalue weighted by Gasteiger charge is -2.23. The first kappa shape index (κ1) is 24.1. The molecule has 0 aromatic rings. The Labute approximate surface area is 151 Å². The van der Waals surface area contributed by atoms with Crippen LogP contribution in [0, 0.1) is 5.41 Å². The van der Waals surface area contributed by atoms with Crippen LogP contribution in [0.25, 0.3) is 0 Å². The summed E-state index contributed by atoms with van der Waals surface area (Å²) in [6.07, 6.45) is 14.0. The zero-order chi connectivity index (χ0) is 18.7. The Morgan fingerprint density at radius 1 is 0.708 bits per heavy atom. The maximum Gasteiger partial charge on any atom is 0.328 e. The number of rotatable bonds is 13. The predicted octanol–water partition coefficient (Wildman–Crippen LogP) is 7.32. The minimum absolute atomic E-state index is 0.290. The van der Waals surface area contributed by atoms with Gasteiger partial charge in [0.05, 0.1) is 11.8 Å². The molecule has 0 fully saturated rings. The lowest BCUT2D eigenvalue weighted by Crippen LogP contribution is -2.18. The van der Waals surface area contributed by atoms with Crippen LogP contribution in [0.1, 0.15) is 112 Å². The Morgan fingerprint density at radius 2 is 1.08 bits per heavy atom.